The van der Waals surface area contributed by atoms with Crippen LogP contribution in [0.1, 0.15) is 31.9 Å². The molecule has 222 valence electrons. The van der Waals surface area contributed by atoms with E-state index >= 15 is 0 Å². The monoisotopic (exact) mass is 609 g/mol. The fourth-order valence-corrected chi connectivity index (χ4v) is 6.22. The van der Waals surface area contributed by atoms with Gasteiger partial charge in [0.05, 0.1) is 41.5 Å². The molecule has 0 saturated carbocycles. The minimum absolute atomic E-state index is 0.0659. The zero-order chi connectivity index (χ0) is 30.0. The number of aliphatic hydroxyl groups is 1. The fourth-order valence-electron chi connectivity index (χ4n) is 4.99. The predicted octanol–water partition coefficient (Wildman–Crippen LogP) is 5.31. The molecule has 2 fully saturated rings. The van der Waals surface area contributed by atoms with Crippen molar-refractivity contribution in [2.75, 3.05) is 44.3 Å². The van der Waals surface area contributed by atoms with Crippen LogP contribution in [0.3, 0.4) is 0 Å². The normalized spacial score (nSPS) is 16.2. The first-order chi connectivity index (χ1) is 20.0. The van der Waals surface area contributed by atoms with E-state index in [2.05, 4.69) is 14.8 Å². The molecule has 0 unspecified atom stereocenters. The lowest BCUT2D eigenvalue weighted by Gasteiger charge is -2.42. The van der Waals surface area contributed by atoms with Gasteiger partial charge in [-0.2, -0.15) is 0 Å². The SMILES string of the molecule is CC(C)(C)O.Cc1cc2nc(-c3ccnc(N4CCN(C5COC5)CC4)n3)sc2c(-c2ccc(Cl)cc2)c1CC(=O)O. The molecule has 2 aromatic heterocycles. The third kappa shape index (κ3) is 7.25. The van der Waals surface area contributed by atoms with Crippen molar-refractivity contribution in [2.45, 2.75) is 45.8 Å². The summed E-state index contributed by atoms with van der Waals surface area (Å²) in [5.41, 5.74) is 4.59. The van der Waals surface area contributed by atoms with Crippen LogP contribution in [0.4, 0.5) is 5.95 Å². The second kappa shape index (κ2) is 12.6. The second-order valence-corrected chi connectivity index (χ2v) is 13.1. The van der Waals surface area contributed by atoms with E-state index < -0.39 is 11.6 Å². The Balaban J connectivity index is 0.000000652. The van der Waals surface area contributed by atoms with Crippen LogP contribution in [0, 0.1) is 6.92 Å². The lowest BCUT2D eigenvalue weighted by Crippen LogP contribution is -2.56. The molecule has 0 bridgehead atoms. The number of fused-ring (bicyclic) bond motifs is 1. The number of aryl methyl sites for hydroxylation is 1. The number of hydrogen-bond acceptors (Lipinski definition) is 9. The van der Waals surface area contributed by atoms with E-state index in [-0.39, 0.29) is 6.42 Å². The van der Waals surface area contributed by atoms with Gasteiger partial charge in [-0.25, -0.2) is 15.0 Å². The summed E-state index contributed by atoms with van der Waals surface area (Å²) in [5.74, 6) is -0.158. The second-order valence-electron chi connectivity index (χ2n) is 11.6. The minimum atomic E-state index is -0.868. The summed E-state index contributed by atoms with van der Waals surface area (Å²) in [4.78, 5) is 30.8. The number of piperazine rings is 1. The Morgan fingerprint density at radius 1 is 1.10 bits per heavy atom. The number of carboxylic acid groups (broad SMARTS) is 1. The molecule has 2 aliphatic heterocycles. The van der Waals surface area contributed by atoms with Crippen LogP contribution in [-0.4, -0.2) is 87.1 Å². The molecule has 4 heterocycles. The van der Waals surface area contributed by atoms with E-state index in [0.29, 0.717) is 17.0 Å². The first-order valence-corrected chi connectivity index (χ1v) is 15.2. The number of benzene rings is 2. The molecular formula is C31H36ClN5O4S. The molecule has 0 radical (unpaired) electrons. The maximum atomic E-state index is 11.7. The zero-order valence-electron chi connectivity index (χ0n) is 24.3. The zero-order valence-corrected chi connectivity index (χ0v) is 25.9. The van der Waals surface area contributed by atoms with Gasteiger partial charge < -0.3 is 19.8 Å². The number of ether oxygens (including phenoxy) is 1. The smallest absolute Gasteiger partial charge is 0.307 e. The largest absolute Gasteiger partial charge is 0.481 e. The molecule has 0 amide bonds. The summed E-state index contributed by atoms with van der Waals surface area (Å²) < 4.78 is 6.28. The van der Waals surface area contributed by atoms with Gasteiger partial charge in [-0.1, -0.05) is 23.7 Å². The van der Waals surface area contributed by atoms with Crippen molar-refractivity contribution in [3.05, 3.63) is 58.7 Å². The van der Waals surface area contributed by atoms with Gasteiger partial charge >= 0.3 is 5.97 Å². The molecule has 9 nitrogen and oxygen atoms in total. The third-order valence-electron chi connectivity index (χ3n) is 7.07. The van der Waals surface area contributed by atoms with E-state index in [1.165, 1.54) is 11.3 Å². The summed E-state index contributed by atoms with van der Waals surface area (Å²) in [6.45, 7) is 12.5. The van der Waals surface area contributed by atoms with Gasteiger partial charge in [0.1, 0.15) is 10.7 Å². The Labute approximate surface area is 254 Å². The number of thiazole rings is 1. The first kappa shape index (κ1) is 30.3. The molecule has 2 aromatic carbocycles. The number of carboxylic acids is 1. The van der Waals surface area contributed by atoms with Crippen LogP contribution >= 0.6 is 22.9 Å². The maximum Gasteiger partial charge on any atom is 0.307 e. The number of nitrogens with zero attached hydrogens (tertiary/aromatic N) is 5. The van der Waals surface area contributed by atoms with E-state index in [1.807, 2.05) is 43.3 Å². The van der Waals surface area contributed by atoms with Gasteiger partial charge in [0.25, 0.3) is 0 Å². The highest BCUT2D eigenvalue weighted by atomic mass is 35.5. The molecule has 0 spiro atoms. The summed E-state index contributed by atoms with van der Waals surface area (Å²) in [6.07, 6.45) is 1.72. The molecule has 2 aliphatic rings. The Bertz CT molecular complexity index is 1550. The Kier molecular flexibility index (Phi) is 9.10. The lowest BCUT2D eigenvalue weighted by molar-refractivity contribution is -0.136. The third-order valence-corrected chi connectivity index (χ3v) is 8.43. The van der Waals surface area contributed by atoms with Crippen LogP contribution in [-0.2, 0) is 16.0 Å². The topological polar surface area (TPSA) is 112 Å². The van der Waals surface area contributed by atoms with Crippen molar-refractivity contribution in [3.63, 3.8) is 0 Å². The number of hydrogen-bond donors (Lipinski definition) is 2. The van der Waals surface area contributed by atoms with Crippen LogP contribution in [0.5, 0.6) is 0 Å². The van der Waals surface area contributed by atoms with Crippen molar-refractivity contribution in [1.82, 2.24) is 19.9 Å². The van der Waals surface area contributed by atoms with Crippen LogP contribution < -0.4 is 4.90 Å². The van der Waals surface area contributed by atoms with Gasteiger partial charge in [0.15, 0.2) is 0 Å². The summed E-state index contributed by atoms with van der Waals surface area (Å²) >= 11 is 7.67. The highest BCUT2D eigenvalue weighted by Gasteiger charge is 2.29. The molecule has 0 aliphatic carbocycles. The van der Waals surface area contributed by atoms with Crippen molar-refractivity contribution >= 4 is 45.1 Å². The molecule has 0 atom stereocenters. The Morgan fingerprint density at radius 2 is 1.76 bits per heavy atom. The van der Waals surface area contributed by atoms with Crippen molar-refractivity contribution in [3.8, 4) is 21.8 Å². The molecule has 2 saturated heterocycles. The van der Waals surface area contributed by atoms with Crippen molar-refractivity contribution in [2.24, 2.45) is 0 Å². The van der Waals surface area contributed by atoms with Crippen molar-refractivity contribution < 1.29 is 19.7 Å². The Morgan fingerprint density at radius 3 is 2.36 bits per heavy atom. The van der Waals surface area contributed by atoms with E-state index in [0.717, 1.165) is 82.6 Å². The Hall–Kier alpha value is -3.15. The quantitative estimate of drug-likeness (QED) is 0.300. The molecule has 11 heteroatoms. The number of halogens is 1. The van der Waals surface area contributed by atoms with Gasteiger partial charge in [-0.3, -0.25) is 9.69 Å². The van der Waals surface area contributed by atoms with E-state index in [1.54, 1.807) is 27.0 Å². The van der Waals surface area contributed by atoms with Gasteiger partial charge in [0, 0.05) is 43.0 Å². The van der Waals surface area contributed by atoms with E-state index in [4.69, 9.17) is 31.4 Å². The standard InChI is InChI=1S/C27H26ClN5O3S.C4H10O/c1-16-12-22-25(24(20(16)13-23(34)35)17-2-4-18(28)5-3-17)37-26(30-22)21-6-7-29-27(31-21)33-10-8-32(9-11-33)19-14-36-15-19;1-4(2,3)5/h2-7,12,19H,8-11,13-15H2,1H3,(H,34,35);5H,1-3H3. The number of aliphatic carboxylic acids is 1. The summed E-state index contributed by atoms with van der Waals surface area (Å²) in [7, 11) is 0. The lowest BCUT2D eigenvalue weighted by atomic mass is 9.93. The highest BCUT2D eigenvalue weighted by Crippen LogP contribution is 2.41. The molecule has 6 rings (SSSR count). The summed E-state index contributed by atoms with van der Waals surface area (Å²) in [6, 6.07) is 11.9. The minimum Gasteiger partial charge on any atom is -0.481 e. The first-order valence-electron chi connectivity index (χ1n) is 14.0. The van der Waals surface area contributed by atoms with Crippen LogP contribution in [0.2, 0.25) is 5.02 Å². The number of aromatic nitrogens is 3. The van der Waals surface area contributed by atoms with Crippen molar-refractivity contribution in [1.29, 1.82) is 0 Å². The summed E-state index contributed by atoms with van der Waals surface area (Å²) in [5, 5.41) is 19.6. The van der Waals surface area contributed by atoms with Gasteiger partial charge in [-0.15, -0.1) is 11.3 Å². The van der Waals surface area contributed by atoms with Crippen LogP contribution in [0.25, 0.3) is 32.0 Å². The average Bonchev–Trinajstić information content (AvgIpc) is 3.32. The molecule has 4 aromatic rings. The number of anilines is 1. The highest BCUT2D eigenvalue weighted by molar-refractivity contribution is 7.22. The predicted molar refractivity (Wildman–Crippen MR) is 168 cm³/mol. The fraction of sp³-hybridized carbons (Fsp3) is 0.419. The average molecular weight is 610 g/mol. The number of carbonyl (C=O) groups is 1. The molecular weight excluding hydrogens is 574 g/mol. The maximum absolute atomic E-state index is 11.7. The number of rotatable bonds is 6. The van der Waals surface area contributed by atoms with Gasteiger partial charge in [-0.05, 0) is 68.7 Å². The van der Waals surface area contributed by atoms with Gasteiger partial charge in [0.2, 0.25) is 5.95 Å². The molecule has 2 N–H and O–H groups in total. The molecule has 42 heavy (non-hydrogen) atoms. The van der Waals surface area contributed by atoms with Crippen LogP contribution in [0.15, 0.2) is 42.6 Å². The van der Waals surface area contributed by atoms with E-state index in [9.17, 15) is 9.90 Å².